The van der Waals surface area contributed by atoms with Crippen LogP contribution in [0.4, 0.5) is 11.4 Å². The molecule has 1 aromatic carbocycles. The quantitative estimate of drug-likeness (QED) is 0.593. The molecule has 0 unspecified atom stereocenters. The third-order valence-corrected chi connectivity index (χ3v) is 3.86. The first-order valence-electron chi connectivity index (χ1n) is 8.75. The van der Waals surface area contributed by atoms with Gasteiger partial charge in [-0.2, -0.15) is 0 Å². The van der Waals surface area contributed by atoms with Gasteiger partial charge in [-0.25, -0.2) is 9.59 Å². The van der Waals surface area contributed by atoms with Gasteiger partial charge in [-0.1, -0.05) is 0 Å². The van der Waals surface area contributed by atoms with Crippen molar-refractivity contribution in [2.75, 3.05) is 36.5 Å². The number of nitrogens with one attached hydrogen (secondary N) is 1. The average molecular weight is 360 g/mol. The Hall–Kier alpha value is -2.83. The van der Waals surface area contributed by atoms with Crippen LogP contribution in [0.2, 0.25) is 0 Å². The number of rotatable bonds is 7. The van der Waals surface area contributed by atoms with Crippen molar-refractivity contribution in [3.05, 3.63) is 36.4 Å². The molecule has 1 amide bonds. The summed E-state index contributed by atoms with van der Waals surface area (Å²) in [5.41, 5.74) is 1.77. The van der Waals surface area contributed by atoms with E-state index in [0.717, 1.165) is 30.9 Å². The minimum atomic E-state index is -0.784. The molecule has 1 aromatic rings. The number of hydrogen-bond donors (Lipinski definition) is 1. The Bertz CT molecular complexity index is 648. The molecule has 0 bridgehead atoms. The zero-order chi connectivity index (χ0) is 18.8. The van der Waals surface area contributed by atoms with Gasteiger partial charge in [0.2, 0.25) is 0 Å². The largest absolute Gasteiger partial charge is 0.463 e. The molecule has 0 radical (unpaired) electrons. The Labute approximate surface area is 153 Å². The van der Waals surface area contributed by atoms with Crippen LogP contribution >= 0.6 is 0 Å². The van der Waals surface area contributed by atoms with Gasteiger partial charge < -0.3 is 19.7 Å². The highest BCUT2D eigenvalue weighted by Crippen LogP contribution is 2.21. The van der Waals surface area contributed by atoms with Crippen LogP contribution in [0.5, 0.6) is 0 Å². The molecule has 26 heavy (non-hydrogen) atoms. The molecule has 7 nitrogen and oxygen atoms in total. The van der Waals surface area contributed by atoms with Crippen molar-refractivity contribution in [1.82, 2.24) is 0 Å². The summed E-state index contributed by atoms with van der Waals surface area (Å²) in [4.78, 5) is 36.7. The average Bonchev–Trinajstić information content (AvgIpc) is 2.66. The fourth-order valence-electron chi connectivity index (χ4n) is 2.62. The van der Waals surface area contributed by atoms with Crippen molar-refractivity contribution in [2.45, 2.75) is 26.2 Å². The number of nitrogens with zero attached hydrogens (tertiary/aromatic N) is 1. The molecule has 140 valence electrons. The van der Waals surface area contributed by atoms with Crippen LogP contribution in [-0.4, -0.2) is 44.1 Å². The number of amides is 1. The second-order valence-corrected chi connectivity index (χ2v) is 5.84. The summed E-state index contributed by atoms with van der Waals surface area (Å²) < 4.78 is 9.40. The van der Waals surface area contributed by atoms with Gasteiger partial charge in [-0.15, -0.1) is 0 Å². The molecule has 0 aromatic heterocycles. The maximum Gasteiger partial charge on any atom is 0.331 e. The molecule has 7 heteroatoms. The topological polar surface area (TPSA) is 84.9 Å². The molecule has 0 aliphatic carbocycles. The van der Waals surface area contributed by atoms with Crippen molar-refractivity contribution in [3.63, 3.8) is 0 Å². The number of ether oxygens (including phenoxy) is 2. The molecule has 1 aliphatic heterocycles. The van der Waals surface area contributed by atoms with Gasteiger partial charge in [0.15, 0.2) is 6.61 Å². The van der Waals surface area contributed by atoms with E-state index in [1.165, 1.54) is 19.3 Å². The van der Waals surface area contributed by atoms with Gasteiger partial charge in [0.05, 0.1) is 6.61 Å². The Morgan fingerprint density at radius 2 is 1.62 bits per heavy atom. The summed E-state index contributed by atoms with van der Waals surface area (Å²) in [6.07, 6.45) is 5.57. The van der Waals surface area contributed by atoms with E-state index in [0.29, 0.717) is 5.69 Å². The summed E-state index contributed by atoms with van der Waals surface area (Å²) in [7, 11) is 0. The van der Waals surface area contributed by atoms with E-state index in [2.05, 4.69) is 15.0 Å². The number of carbonyl (C=O) groups excluding carboxylic acids is 3. The first-order chi connectivity index (χ1) is 12.6. The second-order valence-electron chi connectivity index (χ2n) is 5.84. The molecular formula is C19H24N2O5. The Morgan fingerprint density at radius 1 is 1.00 bits per heavy atom. The molecule has 1 saturated heterocycles. The molecule has 1 heterocycles. The van der Waals surface area contributed by atoms with Crippen LogP contribution in [0.15, 0.2) is 36.4 Å². The van der Waals surface area contributed by atoms with Gasteiger partial charge >= 0.3 is 11.9 Å². The van der Waals surface area contributed by atoms with E-state index in [9.17, 15) is 14.4 Å². The predicted octanol–water partition coefficient (Wildman–Crippen LogP) is 2.28. The number of carbonyl (C=O) groups is 3. The highest BCUT2D eigenvalue weighted by Gasteiger charge is 2.11. The lowest BCUT2D eigenvalue weighted by molar-refractivity contribution is -0.143. The lowest BCUT2D eigenvalue weighted by atomic mass is 10.1. The van der Waals surface area contributed by atoms with Crippen LogP contribution < -0.4 is 10.2 Å². The molecule has 1 N–H and O–H groups in total. The standard InChI is InChI=1S/C19H24N2O5/c1-2-25-18(23)10-11-19(24)26-14-17(22)20-15-6-8-16(9-7-15)21-12-4-3-5-13-21/h6-11H,2-5,12-14H2,1H3,(H,20,22)/b11-10+. The van der Waals surface area contributed by atoms with Crippen molar-refractivity contribution >= 4 is 29.2 Å². The molecule has 2 rings (SSSR count). The predicted molar refractivity (Wildman–Crippen MR) is 97.9 cm³/mol. The summed E-state index contributed by atoms with van der Waals surface area (Å²) in [5.74, 6) is -1.87. The van der Waals surface area contributed by atoms with Crippen LogP contribution in [0.25, 0.3) is 0 Å². The van der Waals surface area contributed by atoms with E-state index in [-0.39, 0.29) is 6.61 Å². The van der Waals surface area contributed by atoms with Crippen molar-refractivity contribution in [3.8, 4) is 0 Å². The number of esters is 2. The normalized spacial score (nSPS) is 14.1. The van der Waals surface area contributed by atoms with E-state index in [4.69, 9.17) is 4.74 Å². The van der Waals surface area contributed by atoms with Crippen molar-refractivity contribution < 1.29 is 23.9 Å². The first kappa shape index (κ1) is 19.5. The third-order valence-electron chi connectivity index (χ3n) is 3.86. The van der Waals surface area contributed by atoms with Crippen molar-refractivity contribution in [1.29, 1.82) is 0 Å². The zero-order valence-corrected chi connectivity index (χ0v) is 14.9. The minimum Gasteiger partial charge on any atom is -0.463 e. The summed E-state index contributed by atoms with van der Waals surface area (Å²) in [6.45, 7) is 3.56. The SMILES string of the molecule is CCOC(=O)/C=C/C(=O)OCC(=O)Nc1ccc(N2CCCCC2)cc1. The monoisotopic (exact) mass is 360 g/mol. The first-order valence-corrected chi connectivity index (χ1v) is 8.75. The highest BCUT2D eigenvalue weighted by molar-refractivity contribution is 5.95. The van der Waals surface area contributed by atoms with Gasteiger partial charge in [-0.3, -0.25) is 4.79 Å². The van der Waals surface area contributed by atoms with Crippen LogP contribution in [0.3, 0.4) is 0 Å². The van der Waals surface area contributed by atoms with Crippen LogP contribution in [-0.2, 0) is 23.9 Å². The Kier molecular flexibility index (Phi) is 7.67. The molecule has 0 saturated carbocycles. The second kappa shape index (κ2) is 10.2. The van der Waals surface area contributed by atoms with Gasteiger partial charge in [0, 0.05) is 36.6 Å². The van der Waals surface area contributed by atoms with E-state index < -0.39 is 24.5 Å². The number of piperidine rings is 1. The smallest absolute Gasteiger partial charge is 0.331 e. The summed E-state index contributed by atoms with van der Waals surface area (Å²) in [6, 6.07) is 7.58. The minimum absolute atomic E-state index is 0.219. The molecule has 1 aliphatic rings. The number of hydrogen-bond acceptors (Lipinski definition) is 6. The highest BCUT2D eigenvalue weighted by atomic mass is 16.5. The Balaban J connectivity index is 1.75. The van der Waals surface area contributed by atoms with E-state index >= 15 is 0 Å². The van der Waals surface area contributed by atoms with E-state index in [1.54, 1.807) is 6.92 Å². The summed E-state index contributed by atoms with van der Waals surface area (Å²) in [5, 5.41) is 2.66. The molecular weight excluding hydrogens is 336 g/mol. The van der Waals surface area contributed by atoms with Crippen molar-refractivity contribution in [2.24, 2.45) is 0 Å². The maximum atomic E-state index is 11.8. The lowest BCUT2D eigenvalue weighted by Crippen LogP contribution is -2.29. The molecule has 1 fully saturated rings. The lowest BCUT2D eigenvalue weighted by Gasteiger charge is -2.28. The van der Waals surface area contributed by atoms with Crippen LogP contribution in [0, 0.1) is 0 Å². The van der Waals surface area contributed by atoms with Gasteiger partial charge in [0.25, 0.3) is 5.91 Å². The van der Waals surface area contributed by atoms with Gasteiger partial charge in [-0.05, 0) is 50.5 Å². The maximum absolute atomic E-state index is 11.8. The number of benzene rings is 1. The van der Waals surface area contributed by atoms with Gasteiger partial charge in [0.1, 0.15) is 0 Å². The molecule has 0 spiro atoms. The zero-order valence-electron chi connectivity index (χ0n) is 14.9. The fourth-order valence-corrected chi connectivity index (χ4v) is 2.62. The fraction of sp³-hybridized carbons (Fsp3) is 0.421. The Morgan fingerprint density at radius 3 is 2.23 bits per heavy atom. The van der Waals surface area contributed by atoms with Crippen LogP contribution in [0.1, 0.15) is 26.2 Å². The van der Waals surface area contributed by atoms with E-state index in [1.807, 2.05) is 24.3 Å². The number of anilines is 2. The third kappa shape index (κ3) is 6.58. The molecule has 0 atom stereocenters. The summed E-state index contributed by atoms with van der Waals surface area (Å²) >= 11 is 0.